The van der Waals surface area contributed by atoms with Crippen molar-refractivity contribution in [2.75, 3.05) is 13.2 Å². The Labute approximate surface area is 108 Å². The monoisotopic (exact) mass is 272 g/mol. The molecule has 4 atom stereocenters. The molecule has 1 aliphatic rings. The summed E-state index contributed by atoms with van der Waals surface area (Å²) in [6.07, 6.45) is -3.22. The van der Waals surface area contributed by atoms with Crippen molar-refractivity contribution in [3.05, 3.63) is 22.7 Å². The number of hydrogen-bond acceptors (Lipinski definition) is 7. The van der Waals surface area contributed by atoms with E-state index in [-0.39, 0.29) is 5.88 Å². The second kappa shape index (κ2) is 5.66. The third-order valence-electron chi connectivity index (χ3n) is 2.89. The standard InChI is InChI=1S/C11H16N2O6/c1-2-18-7-3-4-13(11(17)12-7)10-9(16)8(15)6(5-14)19-10/h3-4,6,8-10,14-16H,2,5H2,1H3. The minimum Gasteiger partial charge on any atom is -0.478 e. The van der Waals surface area contributed by atoms with Gasteiger partial charge in [0.25, 0.3) is 0 Å². The smallest absolute Gasteiger partial charge is 0.353 e. The van der Waals surface area contributed by atoms with E-state index in [1.54, 1.807) is 6.92 Å². The Morgan fingerprint density at radius 3 is 2.74 bits per heavy atom. The molecule has 8 nitrogen and oxygen atoms in total. The molecule has 2 rings (SSSR count). The van der Waals surface area contributed by atoms with Crippen LogP contribution in [0.5, 0.6) is 5.88 Å². The van der Waals surface area contributed by atoms with E-state index in [2.05, 4.69) is 4.98 Å². The zero-order valence-corrected chi connectivity index (χ0v) is 10.3. The van der Waals surface area contributed by atoms with Crippen molar-refractivity contribution in [1.82, 2.24) is 9.55 Å². The first-order valence-corrected chi connectivity index (χ1v) is 5.93. The molecule has 1 saturated heterocycles. The molecule has 1 aliphatic heterocycles. The summed E-state index contributed by atoms with van der Waals surface area (Å²) >= 11 is 0. The van der Waals surface area contributed by atoms with Gasteiger partial charge in [0, 0.05) is 12.3 Å². The van der Waals surface area contributed by atoms with E-state index in [9.17, 15) is 15.0 Å². The van der Waals surface area contributed by atoms with Crippen LogP contribution in [0.25, 0.3) is 0 Å². The quantitative estimate of drug-likeness (QED) is 0.595. The Morgan fingerprint density at radius 1 is 1.47 bits per heavy atom. The highest BCUT2D eigenvalue weighted by atomic mass is 16.6. The number of rotatable bonds is 4. The van der Waals surface area contributed by atoms with Gasteiger partial charge in [-0.3, -0.25) is 4.57 Å². The molecule has 0 amide bonds. The van der Waals surface area contributed by atoms with Gasteiger partial charge in [0.2, 0.25) is 5.88 Å². The van der Waals surface area contributed by atoms with Crippen LogP contribution in [0.15, 0.2) is 17.1 Å². The summed E-state index contributed by atoms with van der Waals surface area (Å²) in [5, 5.41) is 28.4. The van der Waals surface area contributed by atoms with Crippen LogP contribution in [0.3, 0.4) is 0 Å². The first-order valence-electron chi connectivity index (χ1n) is 5.93. The lowest BCUT2D eigenvalue weighted by atomic mass is 10.1. The fourth-order valence-electron chi connectivity index (χ4n) is 1.93. The first kappa shape index (κ1) is 13.9. The van der Waals surface area contributed by atoms with E-state index < -0.39 is 36.8 Å². The van der Waals surface area contributed by atoms with Gasteiger partial charge >= 0.3 is 5.69 Å². The topological polar surface area (TPSA) is 114 Å². The van der Waals surface area contributed by atoms with Crippen LogP contribution in [0.1, 0.15) is 13.2 Å². The predicted molar refractivity (Wildman–Crippen MR) is 62.7 cm³/mol. The van der Waals surface area contributed by atoms with E-state index in [0.29, 0.717) is 6.61 Å². The van der Waals surface area contributed by atoms with Crippen molar-refractivity contribution in [2.24, 2.45) is 0 Å². The normalized spacial score (nSPS) is 30.5. The number of ether oxygens (including phenoxy) is 2. The summed E-state index contributed by atoms with van der Waals surface area (Å²) in [4.78, 5) is 15.5. The SMILES string of the molecule is CCOc1ccn(C2OC(CO)C(O)C2O)c(=O)n1. The van der Waals surface area contributed by atoms with Crippen molar-refractivity contribution < 1.29 is 24.8 Å². The molecule has 106 valence electrons. The summed E-state index contributed by atoms with van der Waals surface area (Å²) < 4.78 is 11.4. The van der Waals surface area contributed by atoms with Crippen LogP contribution in [-0.2, 0) is 4.74 Å². The average Bonchev–Trinajstić information content (AvgIpc) is 2.67. The lowest BCUT2D eigenvalue weighted by molar-refractivity contribution is -0.0551. The zero-order valence-electron chi connectivity index (χ0n) is 10.3. The largest absolute Gasteiger partial charge is 0.478 e. The van der Waals surface area contributed by atoms with Gasteiger partial charge in [-0.2, -0.15) is 4.98 Å². The maximum absolute atomic E-state index is 11.8. The molecule has 1 aromatic rings. The van der Waals surface area contributed by atoms with Gasteiger partial charge < -0.3 is 24.8 Å². The van der Waals surface area contributed by atoms with Gasteiger partial charge in [0.15, 0.2) is 6.23 Å². The minimum absolute atomic E-state index is 0.176. The predicted octanol–water partition coefficient (Wildman–Crippen LogP) is -1.75. The van der Waals surface area contributed by atoms with Crippen LogP contribution in [0, 0.1) is 0 Å². The average molecular weight is 272 g/mol. The molecule has 2 heterocycles. The Morgan fingerprint density at radius 2 is 2.21 bits per heavy atom. The molecule has 4 unspecified atom stereocenters. The molecular weight excluding hydrogens is 256 g/mol. The lowest BCUT2D eigenvalue weighted by Gasteiger charge is -2.17. The third-order valence-corrected chi connectivity index (χ3v) is 2.89. The first-order chi connectivity index (χ1) is 9.08. The summed E-state index contributed by atoms with van der Waals surface area (Å²) in [5.74, 6) is 0.176. The van der Waals surface area contributed by atoms with Gasteiger partial charge in [0.05, 0.1) is 13.2 Å². The molecular formula is C11H16N2O6. The Bertz CT molecular complexity index is 490. The van der Waals surface area contributed by atoms with Crippen molar-refractivity contribution in [2.45, 2.75) is 31.5 Å². The Hall–Kier alpha value is -1.48. The van der Waals surface area contributed by atoms with Crippen LogP contribution >= 0.6 is 0 Å². The van der Waals surface area contributed by atoms with Gasteiger partial charge in [-0.05, 0) is 6.92 Å². The summed E-state index contributed by atoms with van der Waals surface area (Å²) in [7, 11) is 0. The number of aliphatic hydroxyl groups is 3. The molecule has 0 aliphatic carbocycles. The molecule has 0 aromatic carbocycles. The van der Waals surface area contributed by atoms with Crippen molar-refractivity contribution in [3.8, 4) is 5.88 Å². The lowest BCUT2D eigenvalue weighted by Crippen LogP contribution is -2.35. The molecule has 1 aromatic heterocycles. The summed E-state index contributed by atoms with van der Waals surface area (Å²) in [6, 6.07) is 1.46. The zero-order chi connectivity index (χ0) is 14.0. The molecule has 0 bridgehead atoms. The molecule has 0 spiro atoms. The number of nitrogens with zero attached hydrogens (tertiary/aromatic N) is 2. The van der Waals surface area contributed by atoms with Gasteiger partial charge in [-0.15, -0.1) is 0 Å². The fourth-order valence-corrected chi connectivity index (χ4v) is 1.93. The second-order valence-electron chi connectivity index (χ2n) is 4.12. The summed E-state index contributed by atoms with van der Waals surface area (Å²) in [5.41, 5.74) is -0.666. The van der Waals surface area contributed by atoms with Crippen molar-refractivity contribution in [3.63, 3.8) is 0 Å². The maximum Gasteiger partial charge on any atom is 0.353 e. The molecule has 1 fully saturated rings. The minimum atomic E-state index is -1.31. The van der Waals surface area contributed by atoms with Gasteiger partial charge in [-0.25, -0.2) is 4.79 Å². The van der Waals surface area contributed by atoms with Gasteiger partial charge in [0.1, 0.15) is 18.3 Å². The van der Waals surface area contributed by atoms with Crippen molar-refractivity contribution in [1.29, 1.82) is 0 Å². The van der Waals surface area contributed by atoms with Crippen LogP contribution in [0.2, 0.25) is 0 Å². The molecule has 8 heteroatoms. The Balaban J connectivity index is 2.25. The Kier molecular flexibility index (Phi) is 4.15. The second-order valence-corrected chi connectivity index (χ2v) is 4.12. The molecule has 0 saturated carbocycles. The van der Waals surface area contributed by atoms with Crippen LogP contribution in [-0.4, -0.2) is 56.4 Å². The highest BCUT2D eigenvalue weighted by molar-refractivity contribution is 5.06. The highest BCUT2D eigenvalue weighted by Crippen LogP contribution is 2.28. The number of aliphatic hydroxyl groups excluding tert-OH is 3. The van der Waals surface area contributed by atoms with Crippen LogP contribution < -0.4 is 10.4 Å². The summed E-state index contributed by atoms with van der Waals surface area (Å²) in [6.45, 7) is 1.69. The van der Waals surface area contributed by atoms with E-state index >= 15 is 0 Å². The number of aromatic nitrogens is 2. The van der Waals surface area contributed by atoms with Gasteiger partial charge in [-0.1, -0.05) is 0 Å². The maximum atomic E-state index is 11.8. The van der Waals surface area contributed by atoms with Crippen LogP contribution in [0.4, 0.5) is 0 Å². The van der Waals surface area contributed by atoms with E-state index in [1.807, 2.05) is 0 Å². The highest BCUT2D eigenvalue weighted by Gasteiger charge is 2.43. The van der Waals surface area contributed by atoms with E-state index in [4.69, 9.17) is 14.6 Å². The van der Waals surface area contributed by atoms with E-state index in [0.717, 1.165) is 4.57 Å². The van der Waals surface area contributed by atoms with E-state index in [1.165, 1.54) is 12.3 Å². The molecule has 3 N–H and O–H groups in total. The molecule has 0 radical (unpaired) electrons. The third kappa shape index (κ3) is 2.61. The van der Waals surface area contributed by atoms with Crippen molar-refractivity contribution >= 4 is 0 Å². The molecule has 19 heavy (non-hydrogen) atoms. The number of hydrogen-bond donors (Lipinski definition) is 3. The fraction of sp³-hybridized carbons (Fsp3) is 0.636.